The first-order valence-electron chi connectivity index (χ1n) is 6.55. The molecule has 0 amide bonds. The summed E-state index contributed by atoms with van der Waals surface area (Å²) in [5.41, 5.74) is 4.38. The van der Waals surface area contributed by atoms with E-state index in [1.807, 2.05) is 36.5 Å². The topological polar surface area (TPSA) is 62.2 Å². The van der Waals surface area contributed by atoms with E-state index in [4.69, 9.17) is 5.11 Å². The molecule has 4 nitrogen and oxygen atoms in total. The number of aryl methyl sites for hydroxylation is 1. The highest BCUT2D eigenvalue weighted by atomic mass is 16.4. The number of nitrogens with one attached hydrogen (secondary N) is 1. The number of carbonyl (C=O) groups is 1. The summed E-state index contributed by atoms with van der Waals surface area (Å²) in [5.74, 6) is -0.803. The molecule has 1 aromatic carbocycles. The number of pyridine rings is 1. The van der Waals surface area contributed by atoms with Crippen LogP contribution in [0, 0.1) is 6.92 Å². The first kappa shape index (κ1) is 14.2. The molecule has 2 N–H and O–H groups in total. The molecule has 0 aliphatic carbocycles. The maximum atomic E-state index is 10.6. The Bertz CT molecular complexity index is 579. The largest absolute Gasteiger partial charge is 0.481 e. The van der Waals surface area contributed by atoms with E-state index in [-0.39, 0.29) is 6.42 Å². The average molecular weight is 270 g/mol. The number of benzene rings is 1. The van der Waals surface area contributed by atoms with Gasteiger partial charge in [-0.2, -0.15) is 0 Å². The Morgan fingerprint density at radius 1 is 1.15 bits per heavy atom. The van der Waals surface area contributed by atoms with Crippen LogP contribution in [0.4, 0.5) is 0 Å². The third-order valence-electron chi connectivity index (χ3n) is 3.17. The van der Waals surface area contributed by atoms with E-state index in [9.17, 15) is 4.79 Å². The number of rotatable bonds is 6. The Balaban J connectivity index is 1.85. The molecule has 104 valence electrons. The third-order valence-corrected chi connectivity index (χ3v) is 3.17. The highest BCUT2D eigenvalue weighted by molar-refractivity contribution is 5.70. The van der Waals surface area contributed by atoms with Crippen molar-refractivity contribution in [2.45, 2.75) is 26.4 Å². The fourth-order valence-corrected chi connectivity index (χ4v) is 1.97. The smallest absolute Gasteiger partial charge is 0.307 e. The number of hydrogen-bond donors (Lipinski definition) is 2. The van der Waals surface area contributed by atoms with Crippen molar-refractivity contribution in [2.24, 2.45) is 0 Å². The summed E-state index contributed by atoms with van der Waals surface area (Å²) in [6.45, 7) is 3.59. The molecular weight excluding hydrogens is 252 g/mol. The fourth-order valence-electron chi connectivity index (χ4n) is 1.97. The van der Waals surface area contributed by atoms with Crippen molar-refractivity contribution in [1.29, 1.82) is 0 Å². The van der Waals surface area contributed by atoms with Crippen LogP contribution in [-0.2, 0) is 24.3 Å². The van der Waals surface area contributed by atoms with E-state index < -0.39 is 5.97 Å². The van der Waals surface area contributed by atoms with Crippen molar-refractivity contribution in [1.82, 2.24) is 10.3 Å². The van der Waals surface area contributed by atoms with Gasteiger partial charge in [-0.05, 0) is 35.2 Å². The highest BCUT2D eigenvalue weighted by Gasteiger charge is 2.01. The van der Waals surface area contributed by atoms with Crippen molar-refractivity contribution < 1.29 is 9.90 Å². The molecule has 0 saturated heterocycles. The molecule has 0 fully saturated rings. The molecular formula is C16H18N2O2. The van der Waals surface area contributed by atoms with Crippen LogP contribution in [0.1, 0.15) is 22.3 Å². The zero-order valence-electron chi connectivity index (χ0n) is 11.5. The first-order chi connectivity index (χ1) is 9.65. The van der Waals surface area contributed by atoms with Gasteiger partial charge in [0.15, 0.2) is 0 Å². The Hall–Kier alpha value is -2.20. The first-order valence-corrected chi connectivity index (χ1v) is 6.55. The van der Waals surface area contributed by atoms with Crippen molar-refractivity contribution in [3.63, 3.8) is 0 Å². The minimum atomic E-state index is -0.803. The zero-order chi connectivity index (χ0) is 14.4. The number of hydrogen-bond acceptors (Lipinski definition) is 3. The lowest BCUT2D eigenvalue weighted by Crippen LogP contribution is -2.13. The molecule has 0 unspecified atom stereocenters. The summed E-state index contributed by atoms with van der Waals surface area (Å²) < 4.78 is 0. The normalized spacial score (nSPS) is 10.4. The van der Waals surface area contributed by atoms with Gasteiger partial charge < -0.3 is 10.4 Å². The van der Waals surface area contributed by atoms with E-state index in [1.165, 1.54) is 11.1 Å². The number of carboxylic acids is 1. The second kappa shape index (κ2) is 6.82. The predicted octanol–water partition coefficient (Wildman–Crippen LogP) is 2.31. The van der Waals surface area contributed by atoms with Crippen molar-refractivity contribution in [3.05, 3.63) is 65.0 Å². The average Bonchev–Trinajstić information content (AvgIpc) is 2.42. The molecule has 20 heavy (non-hydrogen) atoms. The molecule has 0 atom stereocenters. The second-order valence-corrected chi connectivity index (χ2v) is 4.79. The lowest BCUT2D eigenvalue weighted by Gasteiger charge is -2.07. The van der Waals surface area contributed by atoms with Crippen molar-refractivity contribution >= 4 is 5.97 Å². The molecule has 0 radical (unpaired) electrons. The Labute approximate surface area is 118 Å². The second-order valence-electron chi connectivity index (χ2n) is 4.79. The Morgan fingerprint density at radius 3 is 2.50 bits per heavy atom. The molecule has 0 saturated carbocycles. The van der Waals surface area contributed by atoms with Gasteiger partial charge in [-0.3, -0.25) is 9.78 Å². The predicted molar refractivity (Wildman–Crippen MR) is 77.3 cm³/mol. The molecule has 4 heteroatoms. The summed E-state index contributed by atoms with van der Waals surface area (Å²) in [5, 5.41) is 12.1. The van der Waals surface area contributed by atoms with E-state index in [0.29, 0.717) is 0 Å². The fraction of sp³-hybridized carbons (Fsp3) is 0.250. The van der Waals surface area contributed by atoms with Gasteiger partial charge in [0.05, 0.1) is 6.42 Å². The van der Waals surface area contributed by atoms with Crippen molar-refractivity contribution in [3.8, 4) is 0 Å². The molecule has 0 bridgehead atoms. The third kappa shape index (κ3) is 4.17. The molecule has 2 aromatic rings. The maximum absolute atomic E-state index is 10.6. The van der Waals surface area contributed by atoms with Gasteiger partial charge in [-0.15, -0.1) is 0 Å². The number of nitrogens with zero attached hydrogens (tertiary/aromatic N) is 1. The summed E-state index contributed by atoms with van der Waals surface area (Å²) in [6.07, 6.45) is 3.74. The van der Waals surface area contributed by atoms with Crippen LogP contribution in [0.25, 0.3) is 0 Å². The molecule has 0 spiro atoms. The Kier molecular flexibility index (Phi) is 4.85. The highest BCUT2D eigenvalue weighted by Crippen LogP contribution is 2.07. The minimum Gasteiger partial charge on any atom is -0.481 e. The standard InChI is InChI=1S/C16H18N2O2/c1-12-6-7-17-10-15(12)11-18-9-14-4-2-13(3-5-14)8-16(19)20/h2-7,10,18H,8-9,11H2,1H3,(H,19,20). The van der Waals surface area contributed by atoms with Crippen LogP contribution in [0.5, 0.6) is 0 Å². The summed E-state index contributed by atoms with van der Waals surface area (Å²) in [6, 6.07) is 9.64. The molecule has 1 aromatic heterocycles. The van der Waals surface area contributed by atoms with Gasteiger partial charge in [0.1, 0.15) is 0 Å². The van der Waals surface area contributed by atoms with Crippen LogP contribution in [-0.4, -0.2) is 16.1 Å². The Morgan fingerprint density at radius 2 is 1.85 bits per heavy atom. The molecule has 0 aliphatic rings. The lowest BCUT2D eigenvalue weighted by molar-refractivity contribution is -0.136. The summed E-state index contributed by atoms with van der Waals surface area (Å²) in [7, 11) is 0. The number of aromatic nitrogens is 1. The van der Waals surface area contributed by atoms with Crippen LogP contribution in [0.3, 0.4) is 0 Å². The minimum absolute atomic E-state index is 0.0720. The summed E-state index contributed by atoms with van der Waals surface area (Å²) in [4.78, 5) is 14.7. The van der Waals surface area contributed by atoms with Gasteiger partial charge in [0.2, 0.25) is 0 Å². The molecule has 1 heterocycles. The number of carboxylic acid groups (broad SMARTS) is 1. The summed E-state index contributed by atoms with van der Waals surface area (Å²) >= 11 is 0. The SMILES string of the molecule is Cc1ccncc1CNCc1ccc(CC(=O)O)cc1. The van der Waals surface area contributed by atoms with Crippen LogP contribution < -0.4 is 5.32 Å². The van der Waals surface area contributed by atoms with Gasteiger partial charge in [-0.1, -0.05) is 24.3 Å². The van der Waals surface area contributed by atoms with Crippen molar-refractivity contribution in [2.75, 3.05) is 0 Å². The van der Waals surface area contributed by atoms with E-state index in [1.54, 1.807) is 6.20 Å². The lowest BCUT2D eigenvalue weighted by atomic mass is 10.1. The van der Waals surface area contributed by atoms with Gasteiger partial charge >= 0.3 is 5.97 Å². The maximum Gasteiger partial charge on any atom is 0.307 e. The van der Waals surface area contributed by atoms with Gasteiger partial charge in [-0.25, -0.2) is 0 Å². The molecule has 2 rings (SSSR count). The van der Waals surface area contributed by atoms with Crippen LogP contribution >= 0.6 is 0 Å². The van der Waals surface area contributed by atoms with Gasteiger partial charge in [0, 0.05) is 25.5 Å². The molecule has 0 aliphatic heterocycles. The van der Waals surface area contributed by atoms with Crippen LogP contribution in [0.2, 0.25) is 0 Å². The quantitative estimate of drug-likeness (QED) is 0.845. The van der Waals surface area contributed by atoms with Gasteiger partial charge in [0.25, 0.3) is 0 Å². The van der Waals surface area contributed by atoms with Crippen LogP contribution in [0.15, 0.2) is 42.7 Å². The number of aliphatic carboxylic acids is 1. The monoisotopic (exact) mass is 270 g/mol. The van der Waals surface area contributed by atoms with E-state index in [2.05, 4.69) is 17.2 Å². The van der Waals surface area contributed by atoms with E-state index >= 15 is 0 Å². The zero-order valence-corrected chi connectivity index (χ0v) is 11.5. The van der Waals surface area contributed by atoms with E-state index in [0.717, 1.165) is 24.2 Å².